The fourth-order valence-corrected chi connectivity index (χ4v) is 3.19. The van der Waals surface area contributed by atoms with Gasteiger partial charge >= 0.3 is 0 Å². The van der Waals surface area contributed by atoms with Crippen molar-refractivity contribution in [2.45, 2.75) is 18.8 Å². The van der Waals surface area contributed by atoms with Crippen molar-refractivity contribution in [1.82, 2.24) is 4.90 Å². The van der Waals surface area contributed by atoms with Crippen LogP contribution in [0.25, 0.3) is 10.8 Å². The Morgan fingerprint density at radius 1 is 1.09 bits per heavy atom. The summed E-state index contributed by atoms with van der Waals surface area (Å²) in [5.41, 5.74) is 1.17. The molecule has 0 spiro atoms. The van der Waals surface area contributed by atoms with E-state index in [0.717, 1.165) is 45.7 Å². The van der Waals surface area contributed by atoms with E-state index >= 15 is 0 Å². The Balaban J connectivity index is 1.66. The molecule has 0 amide bonds. The third kappa shape index (κ3) is 3.47. The molecule has 0 saturated carbocycles. The number of nitriles is 1. The average molecular weight is 294 g/mol. The maximum atomic E-state index is 9.59. The molecule has 1 fully saturated rings. The minimum absolute atomic E-state index is 0.0212. The predicted octanol–water partition coefficient (Wildman–Crippen LogP) is 3.56. The second-order valence-electron chi connectivity index (χ2n) is 5.85. The number of hydrogen-bond acceptors (Lipinski definition) is 3. The van der Waals surface area contributed by atoms with Crippen molar-refractivity contribution in [1.29, 1.82) is 5.26 Å². The van der Waals surface area contributed by atoms with Crippen LogP contribution in [0.1, 0.15) is 24.3 Å². The van der Waals surface area contributed by atoms with E-state index < -0.39 is 0 Å². The van der Waals surface area contributed by atoms with Gasteiger partial charge in [0.25, 0.3) is 0 Å². The molecule has 0 aliphatic carbocycles. The lowest BCUT2D eigenvalue weighted by Crippen LogP contribution is -2.36. The molecule has 1 aliphatic heterocycles. The van der Waals surface area contributed by atoms with Crippen LogP contribution in [0.2, 0.25) is 0 Å². The van der Waals surface area contributed by atoms with Gasteiger partial charge in [0.2, 0.25) is 0 Å². The zero-order valence-corrected chi connectivity index (χ0v) is 12.9. The monoisotopic (exact) mass is 294 g/mol. The van der Waals surface area contributed by atoms with Gasteiger partial charge < -0.3 is 4.74 Å². The highest BCUT2D eigenvalue weighted by Crippen LogP contribution is 2.28. The molecular weight excluding hydrogens is 272 g/mol. The maximum Gasteiger partial charge on any atom is 0.0719 e. The fraction of sp³-hybridized carbons (Fsp3) is 0.421. The Morgan fingerprint density at radius 2 is 1.86 bits per heavy atom. The number of fused-ring (bicyclic) bond motifs is 1. The van der Waals surface area contributed by atoms with Crippen LogP contribution in [0.3, 0.4) is 0 Å². The summed E-state index contributed by atoms with van der Waals surface area (Å²) in [6.45, 7) is 4.78. The van der Waals surface area contributed by atoms with Gasteiger partial charge in [-0.15, -0.1) is 0 Å². The molecule has 2 aromatic rings. The summed E-state index contributed by atoms with van der Waals surface area (Å²) in [6, 6.07) is 17.1. The van der Waals surface area contributed by atoms with Gasteiger partial charge in [0.15, 0.2) is 0 Å². The normalized spacial score (nSPS) is 17.2. The van der Waals surface area contributed by atoms with Crippen molar-refractivity contribution in [2.75, 3.05) is 32.8 Å². The summed E-state index contributed by atoms with van der Waals surface area (Å²) >= 11 is 0. The highest BCUT2D eigenvalue weighted by atomic mass is 16.5. The number of benzene rings is 2. The predicted molar refractivity (Wildman–Crippen MR) is 88.8 cm³/mol. The van der Waals surface area contributed by atoms with E-state index in [-0.39, 0.29) is 5.92 Å². The SMILES string of the molecule is N#CC(CCCN1CCOCC1)c1cccc2ccccc12. The molecule has 2 aromatic carbocycles. The Kier molecular flexibility index (Phi) is 5.05. The zero-order chi connectivity index (χ0) is 15.2. The summed E-state index contributed by atoms with van der Waals surface area (Å²) < 4.78 is 5.37. The van der Waals surface area contributed by atoms with Crippen LogP contribution < -0.4 is 0 Å². The first kappa shape index (κ1) is 15.0. The lowest BCUT2D eigenvalue weighted by Gasteiger charge is -2.26. The third-order valence-electron chi connectivity index (χ3n) is 4.43. The number of nitrogens with zero attached hydrogens (tertiary/aromatic N) is 2. The van der Waals surface area contributed by atoms with Crippen LogP contribution in [-0.4, -0.2) is 37.7 Å². The first-order valence-corrected chi connectivity index (χ1v) is 8.06. The molecule has 1 unspecified atom stereocenters. The molecule has 1 saturated heterocycles. The minimum atomic E-state index is -0.0212. The fourth-order valence-electron chi connectivity index (χ4n) is 3.19. The highest BCUT2D eigenvalue weighted by molar-refractivity contribution is 5.86. The number of ether oxygens (including phenoxy) is 1. The summed E-state index contributed by atoms with van der Waals surface area (Å²) in [7, 11) is 0. The Labute approximate surface area is 132 Å². The largest absolute Gasteiger partial charge is 0.379 e. The number of rotatable bonds is 5. The van der Waals surface area contributed by atoms with E-state index in [9.17, 15) is 5.26 Å². The Bertz CT molecular complexity index is 651. The van der Waals surface area contributed by atoms with Crippen molar-refractivity contribution in [3.8, 4) is 6.07 Å². The van der Waals surface area contributed by atoms with Crippen LogP contribution in [0.15, 0.2) is 42.5 Å². The van der Waals surface area contributed by atoms with Gasteiger partial charge in [0.1, 0.15) is 0 Å². The molecule has 1 aliphatic rings. The van der Waals surface area contributed by atoms with Crippen molar-refractivity contribution in [3.05, 3.63) is 48.0 Å². The van der Waals surface area contributed by atoms with Crippen molar-refractivity contribution < 1.29 is 4.74 Å². The van der Waals surface area contributed by atoms with E-state index in [4.69, 9.17) is 4.74 Å². The van der Waals surface area contributed by atoms with Gasteiger partial charge in [-0.1, -0.05) is 42.5 Å². The molecule has 0 N–H and O–H groups in total. The molecule has 0 aromatic heterocycles. The zero-order valence-electron chi connectivity index (χ0n) is 12.9. The molecule has 3 rings (SSSR count). The minimum Gasteiger partial charge on any atom is -0.379 e. The number of morpholine rings is 1. The van der Waals surface area contributed by atoms with Crippen LogP contribution in [0, 0.1) is 11.3 Å². The molecule has 22 heavy (non-hydrogen) atoms. The average Bonchev–Trinajstić information content (AvgIpc) is 2.59. The maximum absolute atomic E-state index is 9.59. The molecule has 3 nitrogen and oxygen atoms in total. The molecule has 114 valence electrons. The summed E-state index contributed by atoms with van der Waals surface area (Å²) in [4.78, 5) is 2.43. The summed E-state index contributed by atoms with van der Waals surface area (Å²) in [6.07, 6.45) is 1.98. The van der Waals surface area contributed by atoms with Gasteiger partial charge in [-0.3, -0.25) is 4.90 Å². The van der Waals surface area contributed by atoms with Crippen molar-refractivity contribution in [2.24, 2.45) is 0 Å². The van der Waals surface area contributed by atoms with E-state index in [1.165, 1.54) is 16.3 Å². The second kappa shape index (κ2) is 7.40. The van der Waals surface area contributed by atoms with Crippen LogP contribution in [0.4, 0.5) is 0 Å². The lowest BCUT2D eigenvalue weighted by molar-refractivity contribution is 0.0371. The third-order valence-corrected chi connectivity index (χ3v) is 4.43. The Morgan fingerprint density at radius 3 is 2.68 bits per heavy atom. The molecule has 0 radical (unpaired) electrons. The van der Waals surface area contributed by atoms with Gasteiger partial charge in [0.05, 0.1) is 25.2 Å². The number of hydrogen-bond donors (Lipinski definition) is 0. The van der Waals surface area contributed by atoms with Crippen molar-refractivity contribution >= 4 is 10.8 Å². The van der Waals surface area contributed by atoms with Gasteiger partial charge in [-0.05, 0) is 35.7 Å². The smallest absolute Gasteiger partial charge is 0.0719 e. The van der Waals surface area contributed by atoms with Crippen LogP contribution in [-0.2, 0) is 4.74 Å². The summed E-state index contributed by atoms with van der Waals surface area (Å²) in [5.74, 6) is -0.0212. The van der Waals surface area contributed by atoms with Crippen LogP contribution >= 0.6 is 0 Å². The standard InChI is InChI=1S/C19H22N2O/c20-15-17(7-4-10-21-11-13-22-14-12-21)19-9-3-6-16-5-1-2-8-18(16)19/h1-3,5-6,8-9,17H,4,7,10-14H2. The van der Waals surface area contributed by atoms with Gasteiger partial charge in [0, 0.05) is 13.1 Å². The van der Waals surface area contributed by atoms with Crippen molar-refractivity contribution in [3.63, 3.8) is 0 Å². The van der Waals surface area contributed by atoms with E-state index in [0.29, 0.717) is 0 Å². The highest BCUT2D eigenvalue weighted by Gasteiger charge is 2.15. The van der Waals surface area contributed by atoms with Gasteiger partial charge in [-0.25, -0.2) is 0 Å². The van der Waals surface area contributed by atoms with E-state index in [2.05, 4.69) is 41.3 Å². The molecule has 0 bridgehead atoms. The molecular formula is C19H22N2O. The second-order valence-corrected chi connectivity index (χ2v) is 5.85. The molecule has 3 heteroatoms. The first-order chi connectivity index (χ1) is 10.9. The summed E-state index contributed by atoms with van der Waals surface area (Å²) in [5, 5.41) is 12.0. The topological polar surface area (TPSA) is 36.3 Å². The molecule has 1 atom stereocenters. The van der Waals surface area contributed by atoms with E-state index in [1.54, 1.807) is 0 Å². The molecule has 1 heterocycles. The van der Waals surface area contributed by atoms with Crippen LogP contribution in [0.5, 0.6) is 0 Å². The quantitative estimate of drug-likeness (QED) is 0.846. The van der Waals surface area contributed by atoms with Gasteiger partial charge in [-0.2, -0.15) is 5.26 Å². The first-order valence-electron chi connectivity index (χ1n) is 8.06. The van der Waals surface area contributed by atoms with E-state index in [1.807, 2.05) is 12.1 Å². The lowest BCUT2D eigenvalue weighted by atomic mass is 9.91. The Hall–Kier alpha value is -1.89.